The van der Waals surface area contributed by atoms with Crippen LogP contribution < -0.4 is 10.2 Å². The lowest BCUT2D eigenvalue weighted by molar-refractivity contribution is 0.0956. The highest BCUT2D eigenvalue weighted by atomic mass is 16.1. The summed E-state index contributed by atoms with van der Waals surface area (Å²) in [5.74, 6) is 0.395. The predicted octanol–water partition coefficient (Wildman–Crippen LogP) is 1.52. The van der Waals surface area contributed by atoms with E-state index in [-0.39, 0.29) is 11.4 Å². The first-order chi connectivity index (χ1) is 10.2. The smallest absolute Gasteiger partial charge is 0.271 e. The minimum Gasteiger partial charge on any atom is -0.354 e. The van der Waals surface area contributed by atoms with E-state index in [2.05, 4.69) is 20.4 Å². The van der Waals surface area contributed by atoms with Crippen molar-refractivity contribution in [3.8, 4) is 11.4 Å². The lowest BCUT2D eigenvalue weighted by Gasteiger charge is -2.22. The average Bonchev–Trinajstić information content (AvgIpc) is 2.92. The Bertz CT molecular complexity index is 684. The third-order valence-electron chi connectivity index (χ3n) is 3.11. The van der Waals surface area contributed by atoms with Crippen LogP contribution in [0.1, 0.15) is 31.3 Å². The molecule has 0 saturated heterocycles. The second-order valence-corrected chi connectivity index (χ2v) is 6.21. The van der Waals surface area contributed by atoms with Crippen LogP contribution in [0.15, 0.2) is 18.3 Å². The van der Waals surface area contributed by atoms with Crippen molar-refractivity contribution >= 4 is 11.9 Å². The first kappa shape index (κ1) is 15.9. The first-order valence-electron chi connectivity index (χ1n) is 7.07. The molecular formula is C15H22N6O. The van der Waals surface area contributed by atoms with Crippen LogP contribution in [-0.4, -0.2) is 46.8 Å². The Kier molecular flexibility index (Phi) is 4.16. The fourth-order valence-corrected chi connectivity index (χ4v) is 2.02. The highest BCUT2D eigenvalue weighted by molar-refractivity contribution is 5.93. The first-order valence-corrected chi connectivity index (χ1v) is 7.07. The molecule has 0 spiro atoms. The molecular weight excluding hydrogens is 280 g/mol. The summed E-state index contributed by atoms with van der Waals surface area (Å²) in [4.78, 5) is 22.5. The van der Waals surface area contributed by atoms with Crippen molar-refractivity contribution in [2.75, 3.05) is 26.0 Å². The molecule has 0 aliphatic heterocycles. The van der Waals surface area contributed by atoms with E-state index in [1.807, 2.05) is 50.5 Å². The molecule has 7 nitrogen and oxygen atoms in total. The SMILES string of the molecule is CNC(=O)c1cc(-c2ccnc(N(C)C)n2)n(C(C)(C)C)n1. The molecule has 0 radical (unpaired) electrons. The number of carbonyl (C=O) groups is 1. The van der Waals surface area contributed by atoms with Crippen molar-refractivity contribution in [2.24, 2.45) is 0 Å². The summed E-state index contributed by atoms with van der Waals surface area (Å²) >= 11 is 0. The molecule has 1 N–H and O–H groups in total. The molecule has 118 valence electrons. The Hall–Kier alpha value is -2.44. The van der Waals surface area contributed by atoms with Crippen molar-refractivity contribution < 1.29 is 4.79 Å². The van der Waals surface area contributed by atoms with Gasteiger partial charge in [0.2, 0.25) is 5.95 Å². The molecule has 2 heterocycles. The standard InChI is InChI=1S/C15H22N6O/c1-15(2,3)21-12(9-11(19-21)13(22)16-4)10-7-8-17-14(18-10)20(5)6/h7-9H,1-6H3,(H,16,22). The van der Waals surface area contributed by atoms with Crippen LogP contribution in [0.2, 0.25) is 0 Å². The van der Waals surface area contributed by atoms with Gasteiger partial charge < -0.3 is 10.2 Å². The van der Waals surface area contributed by atoms with Crippen molar-refractivity contribution in [2.45, 2.75) is 26.3 Å². The Morgan fingerprint density at radius 2 is 2.00 bits per heavy atom. The Balaban J connectivity index is 2.60. The second-order valence-electron chi connectivity index (χ2n) is 6.21. The third-order valence-corrected chi connectivity index (χ3v) is 3.11. The number of nitrogens with zero attached hydrogens (tertiary/aromatic N) is 5. The summed E-state index contributed by atoms with van der Waals surface area (Å²) in [6.45, 7) is 6.10. The molecule has 0 aliphatic rings. The van der Waals surface area contributed by atoms with Crippen molar-refractivity contribution in [1.82, 2.24) is 25.1 Å². The van der Waals surface area contributed by atoms with Gasteiger partial charge >= 0.3 is 0 Å². The van der Waals surface area contributed by atoms with Crippen LogP contribution in [0.25, 0.3) is 11.4 Å². The highest BCUT2D eigenvalue weighted by Crippen LogP contribution is 2.26. The Morgan fingerprint density at radius 1 is 1.32 bits per heavy atom. The van der Waals surface area contributed by atoms with E-state index in [1.165, 1.54) is 0 Å². The van der Waals surface area contributed by atoms with E-state index in [9.17, 15) is 4.79 Å². The van der Waals surface area contributed by atoms with Crippen LogP contribution in [-0.2, 0) is 5.54 Å². The normalized spacial score (nSPS) is 11.4. The van der Waals surface area contributed by atoms with Crippen molar-refractivity contribution in [3.05, 3.63) is 24.0 Å². The van der Waals surface area contributed by atoms with Crippen LogP contribution in [0.3, 0.4) is 0 Å². The third kappa shape index (κ3) is 3.08. The minimum absolute atomic E-state index is 0.217. The van der Waals surface area contributed by atoms with Gasteiger partial charge in [0, 0.05) is 27.3 Å². The van der Waals surface area contributed by atoms with E-state index in [1.54, 1.807) is 19.3 Å². The van der Waals surface area contributed by atoms with Gasteiger partial charge in [-0.15, -0.1) is 0 Å². The molecule has 2 aromatic rings. The van der Waals surface area contributed by atoms with E-state index in [0.717, 1.165) is 11.4 Å². The molecule has 2 aromatic heterocycles. The second kappa shape index (κ2) is 5.75. The molecule has 0 aromatic carbocycles. The van der Waals surface area contributed by atoms with Gasteiger partial charge in [-0.05, 0) is 32.9 Å². The zero-order valence-electron chi connectivity index (χ0n) is 13.9. The van der Waals surface area contributed by atoms with Gasteiger partial charge in [0.25, 0.3) is 5.91 Å². The van der Waals surface area contributed by atoms with Crippen molar-refractivity contribution in [3.63, 3.8) is 0 Å². The summed E-state index contributed by atoms with van der Waals surface area (Å²) in [6.07, 6.45) is 1.71. The zero-order valence-corrected chi connectivity index (χ0v) is 13.9. The maximum Gasteiger partial charge on any atom is 0.271 e. The van der Waals surface area contributed by atoms with Gasteiger partial charge in [0.05, 0.1) is 16.9 Å². The molecule has 0 fully saturated rings. The number of anilines is 1. The number of nitrogens with one attached hydrogen (secondary N) is 1. The summed E-state index contributed by atoms with van der Waals surface area (Å²) in [5.41, 5.74) is 1.62. The van der Waals surface area contributed by atoms with Crippen LogP contribution in [0.4, 0.5) is 5.95 Å². The molecule has 0 unspecified atom stereocenters. The predicted molar refractivity (Wildman–Crippen MR) is 86.0 cm³/mol. The van der Waals surface area contributed by atoms with Gasteiger partial charge in [-0.3, -0.25) is 9.48 Å². The molecule has 7 heteroatoms. The summed E-state index contributed by atoms with van der Waals surface area (Å²) in [7, 11) is 5.36. The van der Waals surface area contributed by atoms with Crippen LogP contribution in [0.5, 0.6) is 0 Å². The van der Waals surface area contributed by atoms with E-state index in [0.29, 0.717) is 11.6 Å². The van der Waals surface area contributed by atoms with Gasteiger partial charge in [-0.25, -0.2) is 9.97 Å². The molecule has 0 atom stereocenters. The number of rotatable bonds is 3. The maximum absolute atomic E-state index is 11.9. The van der Waals surface area contributed by atoms with E-state index in [4.69, 9.17) is 0 Å². The molecule has 0 saturated carbocycles. The molecule has 0 aliphatic carbocycles. The quantitative estimate of drug-likeness (QED) is 0.930. The van der Waals surface area contributed by atoms with Gasteiger partial charge in [-0.2, -0.15) is 5.10 Å². The zero-order chi connectivity index (χ0) is 16.5. The number of hydrogen-bond donors (Lipinski definition) is 1. The maximum atomic E-state index is 11.9. The van der Waals surface area contributed by atoms with Gasteiger partial charge in [0.1, 0.15) is 0 Å². The number of aromatic nitrogens is 4. The average molecular weight is 302 g/mol. The molecule has 0 bridgehead atoms. The summed E-state index contributed by atoms with van der Waals surface area (Å²) < 4.78 is 1.82. The lowest BCUT2D eigenvalue weighted by atomic mass is 10.1. The fraction of sp³-hybridized carbons (Fsp3) is 0.467. The highest BCUT2D eigenvalue weighted by Gasteiger charge is 2.23. The fourth-order valence-electron chi connectivity index (χ4n) is 2.02. The Morgan fingerprint density at radius 3 is 2.55 bits per heavy atom. The lowest BCUT2D eigenvalue weighted by Crippen LogP contribution is -2.26. The summed E-state index contributed by atoms with van der Waals surface area (Å²) in [6, 6.07) is 3.58. The molecule has 2 rings (SSSR count). The Labute approximate surface area is 130 Å². The number of carbonyl (C=O) groups excluding carboxylic acids is 1. The minimum atomic E-state index is -0.273. The molecule has 1 amide bonds. The largest absolute Gasteiger partial charge is 0.354 e. The van der Waals surface area contributed by atoms with Crippen molar-refractivity contribution in [1.29, 1.82) is 0 Å². The summed E-state index contributed by atoms with van der Waals surface area (Å²) in [5, 5.41) is 7.03. The van der Waals surface area contributed by atoms with Crippen LogP contribution in [0, 0.1) is 0 Å². The monoisotopic (exact) mass is 302 g/mol. The number of hydrogen-bond acceptors (Lipinski definition) is 5. The topological polar surface area (TPSA) is 75.9 Å². The molecule has 22 heavy (non-hydrogen) atoms. The van der Waals surface area contributed by atoms with Crippen LogP contribution >= 0.6 is 0 Å². The van der Waals surface area contributed by atoms with Gasteiger partial charge in [-0.1, -0.05) is 0 Å². The number of amides is 1. The van der Waals surface area contributed by atoms with Gasteiger partial charge in [0.15, 0.2) is 5.69 Å². The van der Waals surface area contributed by atoms with E-state index >= 15 is 0 Å². The van der Waals surface area contributed by atoms with E-state index < -0.39 is 0 Å².